The normalized spacial score (nSPS) is 15.0. The maximum Gasteiger partial charge on any atom is 0.202 e. The van der Waals surface area contributed by atoms with Gasteiger partial charge in [-0.05, 0) is 24.1 Å². The van der Waals surface area contributed by atoms with E-state index in [1.165, 1.54) is 11.8 Å². The molecule has 0 aliphatic rings. The highest BCUT2D eigenvalue weighted by Crippen LogP contribution is 2.43. The van der Waals surface area contributed by atoms with Gasteiger partial charge in [0.1, 0.15) is 5.50 Å². The van der Waals surface area contributed by atoms with E-state index < -0.39 is 5.50 Å². The van der Waals surface area contributed by atoms with Gasteiger partial charge in [-0.1, -0.05) is 66.9 Å². The lowest BCUT2D eigenvalue weighted by Crippen LogP contribution is -2.16. The maximum absolute atomic E-state index is 12.6. The van der Waals surface area contributed by atoms with Crippen LogP contribution in [0.1, 0.15) is 42.5 Å². The van der Waals surface area contributed by atoms with Gasteiger partial charge in [-0.15, -0.1) is 0 Å². The highest BCUT2D eigenvalue weighted by molar-refractivity contribution is 8.15. The molecule has 3 unspecified atom stereocenters. The first kappa shape index (κ1) is 19.7. The number of carbonyl (C=O) groups is 1. The molecule has 3 atom stereocenters. The van der Waals surface area contributed by atoms with Crippen LogP contribution in [0, 0.1) is 0 Å². The van der Waals surface area contributed by atoms with Crippen LogP contribution in [0.25, 0.3) is 0 Å². The Morgan fingerprint density at radius 1 is 1.38 bits per heavy atom. The van der Waals surface area contributed by atoms with Crippen molar-refractivity contribution in [2.75, 3.05) is 0 Å². The van der Waals surface area contributed by atoms with Crippen molar-refractivity contribution < 1.29 is 4.79 Å². The second-order valence-electron chi connectivity index (χ2n) is 5.45. The first-order valence-electron chi connectivity index (χ1n) is 7.78. The Morgan fingerprint density at radius 2 is 2.08 bits per heavy atom. The number of hydrogen-bond acceptors (Lipinski definition) is 4. The first-order valence-corrected chi connectivity index (χ1v) is 9.99. The van der Waals surface area contributed by atoms with Crippen molar-refractivity contribution in [3.05, 3.63) is 53.6 Å². The largest absolute Gasteiger partial charge is 0.319 e. The van der Waals surface area contributed by atoms with E-state index in [1.807, 2.05) is 24.3 Å². The van der Waals surface area contributed by atoms with Crippen LogP contribution in [0.2, 0.25) is 5.02 Å². The van der Waals surface area contributed by atoms with Crippen LogP contribution in [0.15, 0.2) is 43.0 Å². The SMILES string of the molecule is CCCCC(S)C(=O)SC(c1ccc(Cl)cc1)C(Cl)n1ccnc1. The fraction of sp³-hybridized carbons (Fsp3) is 0.412. The highest BCUT2D eigenvalue weighted by Gasteiger charge is 2.28. The first-order chi connectivity index (χ1) is 11.5. The second-order valence-corrected chi connectivity index (χ2v) is 8.10. The maximum atomic E-state index is 12.6. The summed E-state index contributed by atoms with van der Waals surface area (Å²) < 4.78 is 1.79. The number of thioether (sulfide) groups is 1. The zero-order valence-electron chi connectivity index (χ0n) is 13.3. The third kappa shape index (κ3) is 5.45. The summed E-state index contributed by atoms with van der Waals surface area (Å²) in [5.41, 5.74) is 0.511. The number of rotatable bonds is 8. The number of halogens is 2. The fourth-order valence-electron chi connectivity index (χ4n) is 2.23. The summed E-state index contributed by atoms with van der Waals surface area (Å²) in [7, 11) is 0. The Balaban J connectivity index is 2.19. The lowest BCUT2D eigenvalue weighted by atomic mass is 10.1. The van der Waals surface area contributed by atoms with Gasteiger partial charge in [0, 0.05) is 17.4 Å². The lowest BCUT2D eigenvalue weighted by molar-refractivity contribution is -0.110. The number of benzene rings is 1. The van der Waals surface area contributed by atoms with Crippen LogP contribution in [-0.2, 0) is 4.79 Å². The summed E-state index contributed by atoms with van der Waals surface area (Å²) in [5, 5.41) is 0.161. The van der Waals surface area contributed by atoms with Crippen LogP contribution in [-0.4, -0.2) is 19.9 Å². The number of alkyl halides is 1. The number of aromatic nitrogens is 2. The molecule has 7 heteroatoms. The van der Waals surface area contributed by atoms with E-state index >= 15 is 0 Å². The lowest BCUT2D eigenvalue weighted by Gasteiger charge is -2.23. The third-order valence-corrected chi connectivity index (χ3v) is 6.45. The van der Waals surface area contributed by atoms with Gasteiger partial charge in [0.25, 0.3) is 0 Å². The van der Waals surface area contributed by atoms with Crippen molar-refractivity contribution >= 4 is 52.7 Å². The Kier molecular flexibility index (Phi) is 8.01. The van der Waals surface area contributed by atoms with Crippen molar-refractivity contribution in [2.24, 2.45) is 0 Å². The van der Waals surface area contributed by atoms with Crippen molar-refractivity contribution in [2.45, 2.75) is 42.2 Å². The molecule has 0 N–H and O–H groups in total. The topological polar surface area (TPSA) is 34.9 Å². The van der Waals surface area contributed by atoms with E-state index in [1.54, 1.807) is 23.3 Å². The number of carbonyl (C=O) groups excluding carboxylic acids is 1. The zero-order chi connectivity index (χ0) is 17.5. The third-order valence-electron chi connectivity index (χ3n) is 3.60. The quantitative estimate of drug-likeness (QED) is 0.449. The molecular formula is C17H20Cl2N2OS2. The molecule has 0 fully saturated rings. The van der Waals surface area contributed by atoms with Crippen LogP contribution in [0.4, 0.5) is 0 Å². The monoisotopic (exact) mass is 402 g/mol. The highest BCUT2D eigenvalue weighted by atomic mass is 35.5. The molecule has 0 radical (unpaired) electrons. The molecule has 1 aromatic heterocycles. The number of unbranched alkanes of at least 4 members (excludes halogenated alkanes) is 1. The predicted molar refractivity (Wildman–Crippen MR) is 106 cm³/mol. The summed E-state index contributed by atoms with van der Waals surface area (Å²) in [5.74, 6) is 0. The van der Waals surface area contributed by atoms with E-state index in [9.17, 15) is 4.79 Å². The molecule has 0 amide bonds. The fourth-order valence-corrected chi connectivity index (χ4v) is 4.20. The number of nitrogens with zero attached hydrogens (tertiary/aromatic N) is 2. The molecule has 1 aromatic carbocycles. The summed E-state index contributed by atoms with van der Waals surface area (Å²) in [6.45, 7) is 2.10. The smallest absolute Gasteiger partial charge is 0.202 e. The minimum absolute atomic E-state index is 0.0394. The van der Waals surface area contributed by atoms with Crippen LogP contribution in [0.3, 0.4) is 0 Å². The van der Waals surface area contributed by atoms with Crippen molar-refractivity contribution in [3.63, 3.8) is 0 Å². The summed E-state index contributed by atoms with van der Waals surface area (Å²) in [6, 6.07) is 7.42. The molecule has 0 saturated heterocycles. The number of thiol groups is 1. The van der Waals surface area contributed by atoms with E-state index in [2.05, 4.69) is 24.5 Å². The number of imidazole rings is 1. The Morgan fingerprint density at radius 3 is 2.67 bits per heavy atom. The molecule has 2 aromatic rings. The van der Waals surface area contributed by atoms with E-state index in [0.717, 1.165) is 24.8 Å². The molecular weight excluding hydrogens is 383 g/mol. The number of hydrogen-bond donors (Lipinski definition) is 1. The predicted octanol–water partition coefficient (Wildman–Crippen LogP) is 5.76. The minimum Gasteiger partial charge on any atom is -0.319 e. The average Bonchev–Trinajstić information content (AvgIpc) is 3.12. The van der Waals surface area contributed by atoms with Crippen LogP contribution >= 0.6 is 47.6 Å². The van der Waals surface area contributed by atoms with Gasteiger partial charge in [-0.25, -0.2) is 4.98 Å². The minimum atomic E-state index is -0.436. The molecule has 0 aliphatic carbocycles. The van der Waals surface area contributed by atoms with E-state index in [4.69, 9.17) is 23.2 Å². The average molecular weight is 403 g/mol. The van der Waals surface area contributed by atoms with E-state index in [-0.39, 0.29) is 15.6 Å². The molecule has 0 spiro atoms. The van der Waals surface area contributed by atoms with Gasteiger partial charge in [0.2, 0.25) is 5.12 Å². The summed E-state index contributed by atoms with van der Waals surface area (Å²) in [6.07, 6.45) is 7.92. The van der Waals surface area contributed by atoms with Gasteiger partial charge >= 0.3 is 0 Å². The molecule has 0 saturated carbocycles. The Hall–Kier alpha value is -0.620. The standard InChI is InChI=1S/C17H20Cl2N2OS2/c1-2-3-4-14(23)17(22)24-15(12-5-7-13(18)8-6-12)16(19)21-10-9-20-11-21/h5-11,14-16,23H,2-4H2,1H3. The zero-order valence-corrected chi connectivity index (χ0v) is 16.5. The van der Waals surface area contributed by atoms with Crippen molar-refractivity contribution in [1.82, 2.24) is 9.55 Å². The van der Waals surface area contributed by atoms with Crippen molar-refractivity contribution in [3.8, 4) is 0 Å². The van der Waals surface area contributed by atoms with Gasteiger partial charge < -0.3 is 4.57 Å². The molecule has 3 nitrogen and oxygen atoms in total. The van der Waals surface area contributed by atoms with Gasteiger partial charge in [-0.3, -0.25) is 4.79 Å². The van der Waals surface area contributed by atoms with Gasteiger partial charge in [-0.2, -0.15) is 12.6 Å². The van der Waals surface area contributed by atoms with Gasteiger partial charge in [0.15, 0.2) is 0 Å². The summed E-state index contributed by atoms with van der Waals surface area (Å²) >= 11 is 18.3. The molecule has 0 aliphatic heterocycles. The molecule has 0 bridgehead atoms. The Bertz CT molecular complexity index is 635. The second kappa shape index (κ2) is 9.76. The van der Waals surface area contributed by atoms with Gasteiger partial charge in [0.05, 0.1) is 16.8 Å². The van der Waals surface area contributed by atoms with Crippen LogP contribution in [0.5, 0.6) is 0 Å². The summed E-state index contributed by atoms with van der Waals surface area (Å²) in [4.78, 5) is 16.6. The molecule has 1 heterocycles. The molecule has 2 rings (SSSR count). The van der Waals surface area contributed by atoms with E-state index in [0.29, 0.717) is 5.02 Å². The molecule has 24 heavy (non-hydrogen) atoms. The molecule has 130 valence electrons. The van der Waals surface area contributed by atoms with Crippen molar-refractivity contribution in [1.29, 1.82) is 0 Å². The van der Waals surface area contributed by atoms with Crippen LogP contribution < -0.4 is 0 Å². The Labute approximate surface area is 162 Å².